The number of hydrogen-bond donors (Lipinski definition) is 2. The number of hydrogen-bond acceptors (Lipinski definition) is 4. The van der Waals surface area contributed by atoms with E-state index in [1.807, 2.05) is 24.6 Å². The number of quaternary nitrogens is 1. The van der Waals surface area contributed by atoms with Crippen LogP contribution in [0.5, 0.6) is 0 Å². The van der Waals surface area contributed by atoms with Gasteiger partial charge in [-0.15, -0.1) is 0 Å². The van der Waals surface area contributed by atoms with Gasteiger partial charge in [-0.2, -0.15) is 11.8 Å². The Morgan fingerprint density at radius 2 is 1.97 bits per heavy atom. The number of carbonyl (C=O) groups is 3. The molecule has 8 heteroatoms. The van der Waals surface area contributed by atoms with Gasteiger partial charge in [0, 0.05) is 23.0 Å². The predicted octanol–water partition coefficient (Wildman–Crippen LogP) is 2.04. The average Bonchev–Trinajstić information content (AvgIpc) is 3.46. The van der Waals surface area contributed by atoms with Gasteiger partial charge in [-0.3, -0.25) is 19.3 Å². The van der Waals surface area contributed by atoms with E-state index in [0.717, 1.165) is 49.0 Å². The number of nitrogens with zero attached hydrogens (tertiary/aromatic N) is 1. The lowest BCUT2D eigenvalue weighted by Gasteiger charge is -2.28. The first-order valence-electron chi connectivity index (χ1n) is 10.7. The molecule has 3 aliphatic heterocycles. The van der Waals surface area contributed by atoms with E-state index in [2.05, 4.69) is 5.32 Å². The van der Waals surface area contributed by atoms with Gasteiger partial charge in [0.2, 0.25) is 17.4 Å². The molecule has 3 N–H and O–H groups in total. The molecule has 2 saturated heterocycles. The van der Waals surface area contributed by atoms with Crippen LogP contribution in [0.1, 0.15) is 43.2 Å². The van der Waals surface area contributed by atoms with E-state index in [4.69, 9.17) is 11.6 Å². The molecular weight excluding hydrogens is 422 g/mol. The van der Waals surface area contributed by atoms with Crippen molar-refractivity contribution in [2.45, 2.75) is 56.7 Å². The summed E-state index contributed by atoms with van der Waals surface area (Å²) in [4.78, 5) is 42.3. The van der Waals surface area contributed by atoms with Gasteiger partial charge >= 0.3 is 0 Å². The Bertz CT molecular complexity index is 948. The predicted molar refractivity (Wildman–Crippen MR) is 116 cm³/mol. The second-order valence-corrected chi connectivity index (χ2v) is 10.4. The van der Waals surface area contributed by atoms with E-state index in [0.29, 0.717) is 10.7 Å². The van der Waals surface area contributed by atoms with Crippen LogP contribution in [0.15, 0.2) is 12.1 Å². The summed E-state index contributed by atoms with van der Waals surface area (Å²) < 4.78 is 0. The van der Waals surface area contributed by atoms with Gasteiger partial charge in [-0.05, 0) is 49.5 Å². The Labute approximate surface area is 185 Å². The van der Waals surface area contributed by atoms with Crippen LogP contribution in [0.25, 0.3) is 0 Å². The third-order valence-electron chi connectivity index (χ3n) is 7.62. The fourth-order valence-corrected chi connectivity index (χ4v) is 6.88. The Kier molecular flexibility index (Phi) is 4.91. The van der Waals surface area contributed by atoms with E-state index < -0.39 is 17.4 Å². The van der Waals surface area contributed by atoms with Crippen LogP contribution in [0.4, 0.5) is 5.69 Å². The number of nitrogens with one attached hydrogen (secondary N) is 1. The number of amides is 3. The van der Waals surface area contributed by atoms with Crippen molar-refractivity contribution < 1.29 is 19.7 Å². The number of nitrogens with two attached hydrogens (primary N) is 1. The van der Waals surface area contributed by atoms with Gasteiger partial charge in [-0.25, -0.2) is 0 Å². The molecule has 1 aromatic rings. The molecule has 1 spiro atoms. The molecule has 3 heterocycles. The third-order valence-corrected chi connectivity index (χ3v) is 8.67. The minimum absolute atomic E-state index is 0.00950. The monoisotopic (exact) mass is 448 g/mol. The smallest absolute Gasteiger partial charge is 0.291 e. The maximum absolute atomic E-state index is 13.7. The molecule has 30 heavy (non-hydrogen) atoms. The van der Waals surface area contributed by atoms with Crippen molar-refractivity contribution in [3.05, 3.63) is 28.3 Å². The van der Waals surface area contributed by atoms with Crippen LogP contribution in [-0.4, -0.2) is 46.7 Å². The van der Waals surface area contributed by atoms with Crippen molar-refractivity contribution in [2.75, 3.05) is 17.3 Å². The molecule has 1 saturated carbocycles. The summed E-state index contributed by atoms with van der Waals surface area (Å²) in [6.45, 7) is 1.88. The normalized spacial score (nSPS) is 33.0. The number of benzene rings is 1. The van der Waals surface area contributed by atoms with E-state index in [9.17, 15) is 14.4 Å². The second kappa shape index (κ2) is 7.24. The van der Waals surface area contributed by atoms with Crippen LogP contribution < -0.4 is 10.6 Å². The minimum Gasteiger partial charge on any atom is -0.326 e. The zero-order chi connectivity index (χ0) is 21.2. The highest BCUT2D eigenvalue weighted by Gasteiger charge is 2.74. The van der Waals surface area contributed by atoms with Crippen molar-refractivity contribution in [1.29, 1.82) is 0 Å². The van der Waals surface area contributed by atoms with Crippen LogP contribution in [0, 0.1) is 18.8 Å². The SMILES string of the molecule is CSCC[C@@H]1[NH2+][C@@]2(C(=O)Nc3c2ccc(Cl)c3C)[C@@H]2C(=O)N(C3CCCC3)C(=O)[C@H]12. The van der Waals surface area contributed by atoms with Gasteiger partial charge in [0.15, 0.2) is 0 Å². The summed E-state index contributed by atoms with van der Waals surface area (Å²) in [5.74, 6) is -0.630. The summed E-state index contributed by atoms with van der Waals surface area (Å²) >= 11 is 8.04. The molecule has 6 nitrogen and oxygen atoms in total. The number of anilines is 1. The molecule has 160 valence electrons. The zero-order valence-electron chi connectivity index (χ0n) is 17.2. The van der Waals surface area contributed by atoms with Crippen LogP contribution in [0.3, 0.4) is 0 Å². The van der Waals surface area contributed by atoms with Crippen LogP contribution >= 0.6 is 23.4 Å². The van der Waals surface area contributed by atoms with Gasteiger partial charge in [0.25, 0.3) is 5.91 Å². The van der Waals surface area contributed by atoms with E-state index in [1.54, 1.807) is 17.8 Å². The van der Waals surface area contributed by atoms with Crippen molar-refractivity contribution in [1.82, 2.24) is 4.90 Å². The number of thioether (sulfide) groups is 1. The second-order valence-electron chi connectivity index (χ2n) is 9.02. The first kappa shape index (κ1) is 20.3. The largest absolute Gasteiger partial charge is 0.326 e. The van der Waals surface area contributed by atoms with Crippen LogP contribution in [0.2, 0.25) is 5.02 Å². The number of rotatable bonds is 4. The molecule has 0 radical (unpaired) electrons. The molecule has 3 amide bonds. The molecule has 1 aromatic carbocycles. The van der Waals surface area contributed by atoms with Crippen LogP contribution in [-0.2, 0) is 19.9 Å². The lowest BCUT2D eigenvalue weighted by atomic mass is 9.76. The lowest BCUT2D eigenvalue weighted by Crippen LogP contribution is -2.99. The summed E-state index contributed by atoms with van der Waals surface area (Å²) in [6, 6.07) is 3.57. The van der Waals surface area contributed by atoms with Crippen molar-refractivity contribution >= 4 is 46.8 Å². The average molecular weight is 449 g/mol. The van der Waals surface area contributed by atoms with Gasteiger partial charge in [0.1, 0.15) is 17.9 Å². The highest BCUT2D eigenvalue weighted by Crippen LogP contribution is 2.51. The topological polar surface area (TPSA) is 83.1 Å². The fraction of sp³-hybridized carbons (Fsp3) is 0.591. The van der Waals surface area contributed by atoms with Crippen molar-refractivity contribution in [3.8, 4) is 0 Å². The van der Waals surface area contributed by atoms with Crippen molar-refractivity contribution in [2.24, 2.45) is 11.8 Å². The minimum atomic E-state index is -1.08. The molecular formula is C22H27ClN3O3S+. The summed E-state index contributed by atoms with van der Waals surface area (Å²) in [5.41, 5.74) is 1.22. The Morgan fingerprint density at radius 1 is 1.23 bits per heavy atom. The number of likely N-dealkylation sites (tertiary alicyclic amines) is 1. The van der Waals surface area contributed by atoms with Gasteiger partial charge in [0.05, 0.1) is 5.69 Å². The van der Waals surface area contributed by atoms with Gasteiger partial charge in [-0.1, -0.05) is 24.4 Å². The summed E-state index contributed by atoms with van der Waals surface area (Å²) in [6.07, 6.45) is 6.67. The third kappa shape index (κ3) is 2.58. The zero-order valence-corrected chi connectivity index (χ0v) is 18.8. The highest BCUT2D eigenvalue weighted by atomic mass is 35.5. The van der Waals surface area contributed by atoms with E-state index in [-0.39, 0.29) is 29.8 Å². The number of fused-ring (bicyclic) bond motifs is 4. The Hall–Kier alpha value is -1.57. The maximum atomic E-state index is 13.7. The molecule has 3 fully saturated rings. The number of carbonyl (C=O) groups excluding carboxylic acids is 3. The first-order valence-corrected chi connectivity index (χ1v) is 12.5. The first-order chi connectivity index (χ1) is 14.4. The fourth-order valence-electron chi connectivity index (χ4n) is 6.21. The highest BCUT2D eigenvalue weighted by molar-refractivity contribution is 7.98. The quantitative estimate of drug-likeness (QED) is 0.690. The number of imide groups is 1. The van der Waals surface area contributed by atoms with E-state index in [1.165, 1.54) is 4.90 Å². The van der Waals surface area contributed by atoms with Crippen molar-refractivity contribution in [3.63, 3.8) is 0 Å². The Balaban J connectivity index is 1.64. The molecule has 5 rings (SSSR count). The van der Waals surface area contributed by atoms with Gasteiger partial charge < -0.3 is 10.6 Å². The number of halogens is 1. The molecule has 4 atom stereocenters. The summed E-state index contributed by atoms with van der Waals surface area (Å²) in [7, 11) is 0. The standard InChI is InChI=1S/C22H26ClN3O3S/c1-11-14(23)8-7-13-18(11)24-21(29)22(13)17-16(15(25-22)9-10-30-2)19(27)26(20(17)28)12-5-3-4-6-12/h7-8,12,15-17,25H,3-6,9-10H2,1-2H3,(H,24,29)/p+1/t15-,16+,17-,22+/m0/s1. The lowest BCUT2D eigenvalue weighted by molar-refractivity contribution is -0.733. The maximum Gasteiger partial charge on any atom is 0.291 e. The summed E-state index contributed by atoms with van der Waals surface area (Å²) in [5, 5.41) is 5.61. The van der Waals surface area contributed by atoms with E-state index >= 15 is 0 Å². The molecule has 0 unspecified atom stereocenters. The molecule has 4 aliphatic rings. The molecule has 1 aliphatic carbocycles. The molecule has 0 aromatic heterocycles. The molecule has 0 bridgehead atoms. The Morgan fingerprint density at radius 3 is 2.67 bits per heavy atom.